The molecule has 0 spiro atoms. The number of fused-ring (bicyclic) bond motifs is 1. The number of hydrogen-bond donors (Lipinski definition) is 1. The van der Waals surface area contributed by atoms with Crippen LogP contribution in [0.1, 0.15) is 22.3 Å². The molecule has 0 aliphatic heterocycles. The summed E-state index contributed by atoms with van der Waals surface area (Å²) >= 11 is 0. The van der Waals surface area contributed by atoms with Gasteiger partial charge < -0.3 is 5.73 Å². The van der Waals surface area contributed by atoms with Gasteiger partial charge in [-0.3, -0.25) is 9.59 Å². The number of ketones is 1. The number of nitrogens with two attached hydrogens (primary N) is 1. The lowest BCUT2D eigenvalue weighted by atomic mass is 9.82. The molecule has 0 aromatic heterocycles. The largest absolute Gasteiger partial charge is 0.369 e. The van der Waals surface area contributed by atoms with Crippen LogP contribution in [0, 0.1) is 5.92 Å². The van der Waals surface area contributed by atoms with Gasteiger partial charge in [-0.1, -0.05) is 24.3 Å². The molecule has 0 saturated carbocycles. The van der Waals surface area contributed by atoms with Crippen molar-refractivity contribution in [1.82, 2.24) is 0 Å². The normalized spacial score (nSPS) is 20.3. The minimum atomic E-state index is -0.620. The van der Waals surface area contributed by atoms with Gasteiger partial charge in [0, 0.05) is 5.56 Å². The lowest BCUT2D eigenvalue weighted by molar-refractivity contribution is -0.120. The molecule has 1 aromatic rings. The number of rotatable bonds is 1. The van der Waals surface area contributed by atoms with Gasteiger partial charge in [0.15, 0.2) is 5.78 Å². The van der Waals surface area contributed by atoms with E-state index < -0.39 is 11.8 Å². The van der Waals surface area contributed by atoms with Crippen LogP contribution in [0.25, 0.3) is 0 Å². The average Bonchev–Trinajstić information content (AvgIpc) is 2.18. The Kier molecular flexibility index (Phi) is 2.08. The third-order valence-corrected chi connectivity index (χ3v) is 2.65. The Morgan fingerprint density at radius 3 is 2.79 bits per heavy atom. The molecule has 3 heteroatoms. The van der Waals surface area contributed by atoms with Crippen LogP contribution in [0.4, 0.5) is 0 Å². The maximum Gasteiger partial charge on any atom is 0.228 e. The molecule has 1 unspecified atom stereocenters. The number of Topliss-reactive ketones (excluding diaryl/α,β-unsaturated/α-hetero) is 1. The van der Waals surface area contributed by atoms with Crippen molar-refractivity contribution in [3.05, 3.63) is 35.4 Å². The zero-order chi connectivity index (χ0) is 10.1. The molecule has 1 atom stereocenters. The van der Waals surface area contributed by atoms with Gasteiger partial charge in [0.05, 0.1) is 0 Å². The Balaban J connectivity index is 2.41. The van der Waals surface area contributed by atoms with Gasteiger partial charge in [0.25, 0.3) is 0 Å². The highest BCUT2D eigenvalue weighted by Gasteiger charge is 2.30. The van der Waals surface area contributed by atoms with Gasteiger partial charge in [0.1, 0.15) is 5.92 Å². The number of carbonyl (C=O) groups excluding carboxylic acids is 2. The number of carbonyl (C=O) groups is 2. The van der Waals surface area contributed by atoms with Gasteiger partial charge in [-0.25, -0.2) is 0 Å². The summed E-state index contributed by atoms with van der Waals surface area (Å²) in [6, 6.07) is 7.38. The number of primary amides is 1. The van der Waals surface area contributed by atoms with E-state index in [4.69, 9.17) is 5.73 Å². The standard InChI is InChI=1S/C11H11NO2/c12-11(14)9-6-5-7-3-1-2-4-8(7)10(9)13/h1-4,9H,5-6H2,(H2,12,14). The second kappa shape index (κ2) is 3.25. The summed E-state index contributed by atoms with van der Waals surface area (Å²) in [5.41, 5.74) is 6.83. The van der Waals surface area contributed by atoms with E-state index in [1.807, 2.05) is 12.1 Å². The van der Waals surface area contributed by atoms with Gasteiger partial charge in [0.2, 0.25) is 5.91 Å². The molecule has 1 amide bonds. The van der Waals surface area contributed by atoms with Crippen molar-refractivity contribution in [2.45, 2.75) is 12.8 Å². The molecule has 2 N–H and O–H groups in total. The van der Waals surface area contributed by atoms with Crippen LogP contribution in [0.2, 0.25) is 0 Å². The van der Waals surface area contributed by atoms with E-state index >= 15 is 0 Å². The number of hydrogen-bond acceptors (Lipinski definition) is 2. The SMILES string of the molecule is NC(=O)C1CCc2ccccc2C1=O. The zero-order valence-electron chi connectivity index (χ0n) is 7.69. The molecule has 1 aliphatic rings. The maximum atomic E-state index is 11.8. The molecule has 1 aliphatic carbocycles. The molecule has 1 aromatic carbocycles. The predicted octanol–water partition coefficient (Wildman–Crippen LogP) is 0.917. The van der Waals surface area contributed by atoms with E-state index in [2.05, 4.69) is 0 Å². The molecule has 0 heterocycles. The fraction of sp³-hybridized carbons (Fsp3) is 0.273. The fourth-order valence-electron chi connectivity index (χ4n) is 1.87. The monoisotopic (exact) mass is 189 g/mol. The molecule has 2 rings (SSSR count). The molecular formula is C11H11NO2. The van der Waals surface area contributed by atoms with E-state index in [-0.39, 0.29) is 5.78 Å². The first kappa shape index (κ1) is 8.94. The predicted molar refractivity (Wildman–Crippen MR) is 51.8 cm³/mol. The van der Waals surface area contributed by atoms with Crippen molar-refractivity contribution in [3.63, 3.8) is 0 Å². The lowest BCUT2D eigenvalue weighted by Gasteiger charge is -2.20. The smallest absolute Gasteiger partial charge is 0.228 e. The van der Waals surface area contributed by atoms with Gasteiger partial charge in [-0.2, -0.15) is 0 Å². The molecule has 0 radical (unpaired) electrons. The third-order valence-electron chi connectivity index (χ3n) is 2.65. The zero-order valence-corrected chi connectivity index (χ0v) is 7.69. The van der Waals surface area contributed by atoms with Gasteiger partial charge in [-0.05, 0) is 18.4 Å². The minimum Gasteiger partial charge on any atom is -0.369 e. The number of amides is 1. The fourth-order valence-corrected chi connectivity index (χ4v) is 1.87. The van der Waals surface area contributed by atoms with Crippen LogP contribution >= 0.6 is 0 Å². The summed E-state index contributed by atoms with van der Waals surface area (Å²) < 4.78 is 0. The van der Waals surface area contributed by atoms with Crippen LogP contribution in [0.15, 0.2) is 24.3 Å². The molecule has 72 valence electrons. The van der Waals surface area contributed by atoms with E-state index in [0.717, 1.165) is 12.0 Å². The van der Waals surface area contributed by atoms with Gasteiger partial charge in [-0.15, -0.1) is 0 Å². The van der Waals surface area contributed by atoms with Crippen LogP contribution < -0.4 is 5.73 Å². The summed E-state index contributed by atoms with van der Waals surface area (Å²) in [6.45, 7) is 0. The van der Waals surface area contributed by atoms with E-state index in [1.165, 1.54) is 0 Å². The summed E-state index contributed by atoms with van der Waals surface area (Å²) in [4.78, 5) is 22.7. The molecule has 3 nitrogen and oxygen atoms in total. The van der Waals surface area contributed by atoms with Crippen molar-refractivity contribution in [2.24, 2.45) is 11.7 Å². The molecule has 14 heavy (non-hydrogen) atoms. The first-order chi connectivity index (χ1) is 6.70. The number of aryl methyl sites for hydroxylation is 1. The summed E-state index contributed by atoms with van der Waals surface area (Å²) in [7, 11) is 0. The Morgan fingerprint density at radius 2 is 2.07 bits per heavy atom. The first-order valence-electron chi connectivity index (χ1n) is 4.61. The van der Waals surface area contributed by atoms with Crippen molar-refractivity contribution in [3.8, 4) is 0 Å². The highest BCUT2D eigenvalue weighted by molar-refractivity contribution is 6.11. The summed E-state index contributed by atoms with van der Waals surface area (Å²) in [5.74, 6) is -1.26. The van der Waals surface area contributed by atoms with E-state index in [0.29, 0.717) is 12.0 Å². The van der Waals surface area contributed by atoms with Crippen LogP contribution in [0.3, 0.4) is 0 Å². The molecule has 0 bridgehead atoms. The molecular weight excluding hydrogens is 178 g/mol. The maximum absolute atomic E-state index is 11.8. The van der Waals surface area contributed by atoms with Gasteiger partial charge >= 0.3 is 0 Å². The topological polar surface area (TPSA) is 60.2 Å². The number of benzene rings is 1. The van der Waals surface area contributed by atoms with Crippen molar-refractivity contribution in [2.75, 3.05) is 0 Å². The molecule has 0 fully saturated rings. The summed E-state index contributed by atoms with van der Waals surface area (Å²) in [5, 5.41) is 0. The van der Waals surface area contributed by atoms with Crippen molar-refractivity contribution < 1.29 is 9.59 Å². The minimum absolute atomic E-state index is 0.126. The van der Waals surface area contributed by atoms with Crippen LogP contribution in [-0.2, 0) is 11.2 Å². The Hall–Kier alpha value is -1.64. The Bertz CT molecular complexity index is 398. The Labute approximate surface area is 81.9 Å². The highest BCUT2D eigenvalue weighted by atomic mass is 16.2. The van der Waals surface area contributed by atoms with E-state index in [1.54, 1.807) is 12.1 Å². The quantitative estimate of drug-likeness (QED) is 0.668. The first-order valence-corrected chi connectivity index (χ1v) is 4.61. The lowest BCUT2D eigenvalue weighted by Crippen LogP contribution is -2.34. The van der Waals surface area contributed by atoms with Crippen molar-refractivity contribution in [1.29, 1.82) is 0 Å². The Morgan fingerprint density at radius 1 is 1.36 bits per heavy atom. The van der Waals surface area contributed by atoms with Crippen molar-refractivity contribution >= 4 is 11.7 Å². The third kappa shape index (κ3) is 1.31. The second-order valence-corrected chi connectivity index (χ2v) is 3.52. The highest BCUT2D eigenvalue weighted by Crippen LogP contribution is 2.24. The van der Waals surface area contributed by atoms with E-state index in [9.17, 15) is 9.59 Å². The molecule has 0 saturated heterocycles. The average molecular weight is 189 g/mol. The van der Waals surface area contributed by atoms with Crippen LogP contribution in [0.5, 0.6) is 0 Å². The summed E-state index contributed by atoms with van der Waals surface area (Å²) in [6.07, 6.45) is 1.31. The van der Waals surface area contributed by atoms with Crippen LogP contribution in [-0.4, -0.2) is 11.7 Å². The second-order valence-electron chi connectivity index (χ2n) is 3.52.